The van der Waals surface area contributed by atoms with E-state index in [1.165, 1.54) is 0 Å². The molecule has 0 bridgehead atoms. The summed E-state index contributed by atoms with van der Waals surface area (Å²) >= 11 is 0. The lowest BCUT2D eigenvalue weighted by Crippen LogP contribution is -2.14. The molecule has 1 saturated heterocycles. The molecule has 4 heteroatoms. The van der Waals surface area contributed by atoms with Gasteiger partial charge in [0.05, 0.1) is 5.48 Å². The molecule has 1 aliphatic heterocycles. The van der Waals surface area contributed by atoms with Crippen LogP contribution in [0.4, 0.5) is 0 Å². The Labute approximate surface area is 89.2 Å². The maximum absolute atomic E-state index is 11.3. The first-order valence-electron chi connectivity index (χ1n) is 6.68. The third-order valence-corrected chi connectivity index (χ3v) is 1.88. The van der Waals surface area contributed by atoms with Gasteiger partial charge in [0.2, 0.25) is 0 Å². The summed E-state index contributed by atoms with van der Waals surface area (Å²) in [6.07, 6.45) is 2.60. The van der Waals surface area contributed by atoms with Crippen molar-refractivity contribution in [2.75, 3.05) is 13.1 Å². The molecule has 80 valence electrons. The Morgan fingerprint density at radius 2 is 1.29 bits per heavy atom. The summed E-state index contributed by atoms with van der Waals surface area (Å²) in [7, 11) is 0. The first kappa shape index (κ1) is 6.43. The first-order chi connectivity index (χ1) is 8.24. The molecule has 1 aliphatic rings. The lowest BCUT2D eigenvalue weighted by Gasteiger charge is -2.08. The zero-order chi connectivity index (χ0) is 13.8. The van der Waals surface area contributed by atoms with Crippen molar-refractivity contribution in [2.45, 2.75) is 38.5 Å². The molecule has 0 radical (unpaired) electrons. The molecule has 0 atom stereocenters. The number of carbonyl (C=O) groups excluding carboxylic acids is 2. The van der Waals surface area contributed by atoms with Gasteiger partial charge in [-0.25, -0.2) is 0 Å². The largest absolute Gasteiger partial charge is 0.462 e. The van der Waals surface area contributed by atoms with E-state index in [1.54, 1.807) is 0 Å². The Hall–Kier alpha value is -1.06. The summed E-state index contributed by atoms with van der Waals surface area (Å²) in [5, 5.41) is 0. The van der Waals surface area contributed by atoms with Gasteiger partial charge in [0.1, 0.15) is 13.1 Å². The second kappa shape index (κ2) is 6.40. The van der Waals surface area contributed by atoms with Crippen LogP contribution in [0.2, 0.25) is 0 Å². The van der Waals surface area contributed by atoms with Crippen LogP contribution in [-0.4, -0.2) is 25.1 Å². The minimum absolute atomic E-state index is 0.0313. The maximum Gasteiger partial charge on any atom is 0.305 e. The van der Waals surface area contributed by atoms with Gasteiger partial charge in [-0.2, -0.15) is 0 Å². The lowest BCUT2D eigenvalue weighted by molar-refractivity contribution is -0.152. The topological polar surface area (TPSA) is 52.6 Å². The van der Waals surface area contributed by atoms with Gasteiger partial charge in [0.15, 0.2) is 0 Å². The van der Waals surface area contributed by atoms with E-state index in [-0.39, 0.29) is 12.8 Å². The monoisotopic (exact) mass is 204 g/mol. The van der Waals surface area contributed by atoms with E-state index in [4.69, 9.17) is 5.48 Å². The zero-order valence-corrected chi connectivity index (χ0v) is 7.88. The molecule has 0 amide bonds. The Morgan fingerprint density at radius 3 is 1.71 bits per heavy atom. The van der Waals surface area contributed by atoms with Crippen molar-refractivity contribution in [3.05, 3.63) is 0 Å². The lowest BCUT2D eigenvalue weighted by atomic mass is 10.1. The van der Waals surface area contributed by atoms with Crippen LogP contribution < -0.4 is 0 Å². The van der Waals surface area contributed by atoms with Gasteiger partial charge in [-0.05, 0) is 12.8 Å². The van der Waals surface area contributed by atoms with Crippen LogP contribution in [0.25, 0.3) is 0 Å². The molecule has 0 aliphatic carbocycles. The number of esters is 2. The minimum atomic E-state index is -2.99. The Kier molecular flexibility index (Phi) is 2.94. The van der Waals surface area contributed by atoms with Crippen LogP contribution in [0.5, 0.6) is 0 Å². The van der Waals surface area contributed by atoms with Crippen LogP contribution >= 0.6 is 0 Å². The molecule has 14 heavy (non-hydrogen) atoms. The molecule has 1 heterocycles. The zero-order valence-electron chi connectivity index (χ0n) is 11.9. The Balaban J connectivity index is 2.81. The predicted octanol–water partition coefficient (Wildman–Crippen LogP) is 1.43. The van der Waals surface area contributed by atoms with Crippen molar-refractivity contribution >= 4 is 11.9 Å². The average molecular weight is 204 g/mol. The van der Waals surface area contributed by atoms with Crippen molar-refractivity contribution in [2.24, 2.45) is 0 Å². The molecule has 1 fully saturated rings. The molecule has 0 N–H and O–H groups in total. The van der Waals surface area contributed by atoms with E-state index in [0.29, 0.717) is 12.8 Å². The first-order valence-corrected chi connectivity index (χ1v) is 4.68. The summed E-state index contributed by atoms with van der Waals surface area (Å²) in [4.78, 5) is 22.6. The maximum atomic E-state index is 11.3. The van der Waals surface area contributed by atoms with Crippen LogP contribution in [-0.2, 0) is 19.1 Å². The highest BCUT2D eigenvalue weighted by Crippen LogP contribution is 2.07. The second-order valence-corrected chi connectivity index (χ2v) is 3.07. The van der Waals surface area contributed by atoms with E-state index < -0.39 is 25.1 Å². The van der Waals surface area contributed by atoms with Crippen LogP contribution in [0.15, 0.2) is 0 Å². The van der Waals surface area contributed by atoms with E-state index >= 15 is 0 Å². The highest BCUT2D eigenvalue weighted by Gasteiger charge is 2.07. The van der Waals surface area contributed by atoms with Gasteiger partial charge in [-0.15, -0.1) is 0 Å². The van der Waals surface area contributed by atoms with Crippen LogP contribution in [0.1, 0.15) is 44.0 Å². The third-order valence-electron chi connectivity index (χ3n) is 1.88. The summed E-state index contributed by atoms with van der Waals surface area (Å²) < 4.78 is 38.2. The molecule has 0 spiro atoms. The fraction of sp³-hybridized carbons (Fsp3) is 0.800. The number of rotatable bonds is 0. The van der Waals surface area contributed by atoms with Crippen molar-refractivity contribution < 1.29 is 24.5 Å². The summed E-state index contributed by atoms with van der Waals surface area (Å²) in [5.41, 5.74) is 0. The quantitative estimate of drug-likeness (QED) is 0.560. The molecule has 0 aromatic carbocycles. The normalized spacial score (nSPS) is 32.9. The van der Waals surface area contributed by atoms with Crippen molar-refractivity contribution in [3.8, 4) is 0 Å². The van der Waals surface area contributed by atoms with Gasteiger partial charge >= 0.3 is 11.9 Å². The fourth-order valence-electron chi connectivity index (χ4n) is 1.15. The highest BCUT2D eigenvalue weighted by molar-refractivity contribution is 5.70. The number of carbonyl (C=O) groups is 2. The SMILES string of the molecule is [2H]C1([2H])OC(=O)CCCCCCC(=O)OC1([2H])[2H]. The van der Waals surface area contributed by atoms with Gasteiger partial charge in [-0.1, -0.05) is 12.8 Å². The van der Waals surface area contributed by atoms with Crippen LogP contribution in [0, 0.1) is 0 Å². The van der Waals surface area contributed by atoms with Crippen molar-refractivity contribution in [1.82, 2.24) is 0 Å². The standard InChI is InChI=1S/C10H16O4/c11-9-5-3-1-2-4-6-10(12)14-8-7-13-9/h1-8H2/i7D2,8D2. The second-order valence-electron chi connectivity index (χ2n) is 3.07. The van der Waals surface area contributed by atoms with Gasteiger partial charge in [0.25, 0.3) is 0 Å². The number of ether oxygens (including phenoxy) is 2. The molecule has 0 saturated carbocycles. The Bertz CT molecular complexity index is 298. The molecule has 1 rings (SSSR count). The van der Waals surface area contributed by atoms with E-state index in [1.807, 2.05) is 0 Å². The Morgan fingerprint density at radius 1 is 0.857 bits per heavy atom. The van der Waals surface area contributed by atoms with E-state index in [0.717, 1.165) is 12.8 Å². The molecule has 4 nitrogen and oxygen atoms in total. The number of cyclic esters (lactones) is 2. The van der Waals surface area contributed by atoms with Gasteiger partial charge in [-0.3, -0.25) is 9.59 Å². The molecule has 0 aromatic heterocycles. The number of hydrogen-bond acceptors (Lipinski definition) is 4. The van der Waals surface area contributed by atoms with Crippen LogP contribution in [0.3, 0.4) is 0 Å². The van der Waals surface area contributed by atoms with E-state index in [2.05, 4.69) is 9.47 Å². The molecule has 0 unspecified atom stereocenters. The summed E-state index contributed by atoms with van der Waals surface area (Å²) in [6.45, 7) is -5.97. The smallest absolute Gasteiger partial charge is 0.305 e. The van der Waals surface area contributed by atoms with E-state index in [9.17, 15) is 9.59 Å². The minimum Gasteiger partial charge on any atom is -0.462 e. The average Bonchev–Trinajstić information content (AvgIpc) is 2.20. The molecule has 0 aromatic rings. The highest BCUT2D eigenvalue weighted by atomic mass is 16.6. The third kappa shape index (κ3) is 4.84. The number of hydrogen-bond donors (Lipinski definition) is 0. The van der Waals surface area contributed by atoms with Gasteiger partial charge < -0.3 is 9.47 Å². The fourth-order valence-corrected chi connectivity index (χ4v) is 1.15. The molecular weight excluding hydrogens is 184 g/mol. The molecular formula is C10H16O4. The van der Waals surface area contributed by atoms with Crippen molar-refractivity contribution in [1.29, 1.82) is 0 Å². The van der Waals surface area contributed by atoms with Gasteiger partial charge in [0, 0.05) is 12.8 Å². The predicted molar refractivity (Wildman–Crippen MR) is 49.6 cm³/mol. The summed E-state index contributed by atoms with van der Waals surface area (Å²) in [5.74, 6) is -1.67. The van der Waals surface area contributed by atoms with Crippen molar-refractivity contribution in [3.63, 3.8) is 0 Å². The summed E-state index contributed by atoms with van der Waals surface area (Å²) in [6, 6.07) is 0.